The van der Waals surface area contributed by atoms with E-state index in [9.17, 15) is 0 Å². The second-order valence-corrected chi connectivity index (χ2v) is 2.95. The molecule has 1 rings (SSSR count). The quantitative estimate of drug-likeness (QED) is 0.488. The molecule has 0 unspecified atom stereocenters. The molecule has 1 aliphatic rings. The zero-order chi connectivity index (χ0) is 6.15. The number of allylic oxidation sites excluding steroid dienone is 4. The van der Waals surface area contributed by atoms with Crippen LogP contribution in [0.1, 0.15) is 20.3 Å². The van der Waals surface area contributed by atoms with Gasteiger partial charge in [0, 0.05) is 0 Å². The van der Waals surface area contributed by atoms with Crippen LogP contribution in [0.4, 0.5) is 0 Å². The van der Waals surface area contributed by atoms with Crippen molar-refractivity contribution in [2.45, 2.75) is 20.3 Å². The van der Waals surface area contributed by atoms with Gasteiger partial charge in [-0.15, -0.1) is 0 Å². The zero-order valence-electron chi connectivity index (χ0n) is 5.23. The molecule has 0 aromatic heterocycles. The van der Waals surface area contributed by atoms with Gasteiger partial charge < -0.3 is 0 Å². The first-order valence-corrected chi connectivity index (χ1v) is 3.47. The first-order valence-electron chi connectivity index (χ1n) is 2.77. The molecule has 0 N–H and O–H groups in total. The van der Waals surface area contributed by atoms with E-state index in [1.807, 2.05) is 0 Å². The predicted molar refractivity (Wildman–Crippen MR) is 31.1 cm³/mol. The summed E-state index contributed by atoms with van der Waals surface area (Å²) in [4.78, 5) is 0. The van der Waals surface area contributed by atoms with E-state index in [0.717, 1.165) is 6.42 Å². The van der Waals surface area contributed by atoms with E-state index in [2.05, 4.69) is 37.3 Å². The molecule has 0 nitrogen and oxygen atoms in total. The molecular formula is C7H9V. The van der Waals surface area contributed by atoms with Gasteiger partial charge in [-0.25, -0.2) is 0 Å². The van der Waals surface area contributed by atoms with Crippen LogP contribution < -0.4 is 0 Å². The van der Waals surface area contributed by atoms with Crippen LogP contribution >= 0.6 is 0 Å². The van der Waals surface area contributed by atoms with Crippen molar-refractivity contribution >= 4 is 0 Å². The topological polar surface area (TPSA) is 0 Å². The summed E-state index contributed by atoms with van der Waals surface area (Å²) in [5.74, 6) is 0. The van der Waals surface area contributed by atoms with Crippen molar-refractivity contribution in [2.24, 2.45) is 0 Å². The molecule has 42 valence electrons. The summed E-state index contributed by atoms with van der Waals surface area (Å²) in [5, 5.41) is 0. The minimum absolute atomic E-state index is 1.16. The fraction of sp³-hybridized carbons (Fsp3) is 0.429. The Bertz CT molecular complexity index is 158. The van der Waals surface area contributed by atoms with Crippen molar-refractivity contribution in [1.29, 1.82) is 0 Å². The molecular weight excluding hydrogens is 135 g/mol. The van der Waals surface area contributed by atoms with Gasteiger partial charge >= 0.3 is 59.2 Å². The Kier molecular flexibility index (Phi) is 1.64. The average molecular weight is 144 g/mol. The first kappa shape index (κ1) is 6.19. The normalized spacial score (nSPS) is 19.5. The van der Waals surface area contributed by atoms with Crippen LogP contribution in [-0.2, 0) is 17.4 Å². The van der Waals surface area contributed by atoms with Gasteiger partial charge in [0.2, 0.25) is 0 Å². The Morgan fingerprint density at radius 1 is 1.50 bits per heavy atom. The predicted octanol–water partition coefficient (Wildman–Crippen LogP) is 2.16. The molecule has 0 heterocycles. The second-order valence-electron chi connectivity index (χ2n) is 2.20. The third kappa shape index (κ3) is 0.911. The molecule has 0 spiro atoms. The van der Waals surface area contributed by atoms with Gasteiger partial charge in [-0.2, -0.15) is 0 Å². The van der Waals surface area contributed by atoms with E-state index >= 15 is 0 Å². The first-order chi connectivity index (χ1) is 3.72. The molecule has 0 aromatic rings. The van der Waals surface area contributed by atoms with Crippen molar-refractivity contribution in [2.75, 3.05) is 0 Å². The van der Waals surface area contributed by atoms with Gasteiger partial charge in [-0.1, -0.05) is 0 Å². The fourth-order valence-electron chi connectivity index (χ4n) is 0.775. The molecule has 0 atom stereocenters. The molecule has 0 fully saturated rings. The molecule has 0 aliphatic heterocycles. The SMILES string of the molecule is CC1=C(C)[C]([V])=CC1. The summed E-state index contributed by atoms with van der Waals surface area (Å²) >= 11 is 2.60. The Balaban J connectivity index is 2.88. The van der Waals surface area contributed by atoms with Crippen LogP contribution in [0.5, 0.6) is 0 Å². The standard InChI is InChI=1S/C7H9.V/c1-6-4-3-5-7(6)2;/h3H,4H2,1-2H3;. The third-order valence-corrected chi connectivity index (χ3v) is 2.43. The molecule has 1 aliphatic carbocycles. The molecule has 0 saturated heterocycles. The van der Waals surface area contributed by atoms with Gasteiger partial charge in [-0.05, 0) is 0 Å². The van der Waals surface area contributed by atoms with E-state index in [-0.39, 0.29) is 0 Å². The Labute approximate surface area is 59.6 Å². The summed E-state index contributed by atoms with van der Waals surface area (Å²) in [6.45, 7) is 4.36. The van der Waals surface area contributed by atoms with Crippen LogP contribution in [0.2, 0.25) is 0 Å². The molecule has 1 heteroatoms. The molecule has 0 amide bonds. The van der Waals surface area contributed by atoms with Crippen LogP contribution in [-0.4, -0.2) is 0 Å². The molecule has 8 heavy (non-hydrogen) atoms. The number of hydrogen-bond donors (Lipinski definition) is 0. The molecule has 0 saturated carbocycles. The zero-order valence-corrected chi connectivity index (χ0v) is 6.63. The van der Waals surface area contributed by atoms with Crippen molar-refractivity contribution in [3.8, 4) is 0 Å². The van der Waals surface area contributed by atoms with Crippen LogP contribution in [0.3, 0.4) is 0 Å². The van der Waals surface area contributed by atoms with Gasteiger partial charge in [0.05, 0.1) is 0 Å². The van der Waals surface area contributed by atoms with Crippen molar-refractivity contribution < 1.29 is 17.4 Å². The van der Waals surface area contributed by atoms with Crippen molar-refractivity contribution in [3.63, 3.8) is 0 Å². The Morgan fingerprint density at radius 3 is 2.25 bits per heavy atom. The van der Waals surface area contributed by atoms with E-state index in [4.69, 9.17) is 0 Å². The van der Waals surface area contributed by atoms with E-state index in [0.29, 0.717) is 0 Å². The number of rotatable bonds is 0. The van der Waals surface area contributed by atoms with Crippen LogP contribution in [0.25, 0.3) is 0 Å². The molecule has 0 aromatic carbocycles. The van der Waals surface area contributed by atoms with Crippen molar-refractivity contribution in [3.05, 3.63) is 21.5 Å². The van der Waals surface area contributed by atoms with Crippen LogP contribution in [0.15, 0.2) is 21.5 Å². The summed E-state index contributed by atoms with van der Waals surface area (Å²) in [5.41, 5.74) is 2.98. The van der Waals surface area contributed by atoms with Gasteiger partial charge in [0.15, 0.2) is 0 Å². The van der Waals surface area contributed by atoms with Gasteiger partial charge in [-0.3, -0.25) is 0 Å². The maximum atomic E-state index is 2.60. The molecule has 0 bridgehead atoms. The second kappa shape index (κ2) is 2.12. The maximum absolute atomic E-state index is 2.60. The summed E-state index contributed by atoms with van der Waals surface area (Å²) < 4.78 is 1.40. The summed E-state index contributed by atoms with van der Waals surface area (Å²) in [6, 6.07) is 0. The average Bonchev–Trinajstić information content (AvgIpc) is 1.98. The summed E-state index contributed by atoms with van der Waals surface area (Å²) in [7, 11) is 0. The van der Waals surface area contributed by atoms with Gasteiger partial charge in [0.1, 0.15) is 0 Å². The van der Waals surface area contributed by atoms with E-state index in [1.54, 1.807) is 0 Å². The Morgan fingerprint density at radius 2 is 2.12 bits per heavy atom. The van der Waals surface area contributed by atoms with Crippen LogP contribution in [0, 0.1) is 0 Å². The molecule has 0 radical (unpaired) electrons. The van der Waals surface area contributed by atoms with E-state index in [1.165, 1.54) is 15.4 Å². The van der Waals surface area contributed by atoms with E-state index < -0.39 is 0 Å². The number of hydrogen-bond acceptors (Lipinski definition) is 0. The Hall–Kier alpha value is 0.0644. The summed E-state index contributed by atoms with van der Waals surface area (Å²) in [6.07, 6.45) is 3.42. The minimum atomic E-state index is 1.16. The monoisotopic (exact) mass is 144 g/mol. The van der Waals surface area contributed by atoms with Crippen molar-refractivity contribution in [1.82, 2.24) is 0 Å². The third-order valence-electron chi connectivity index (χ3n) is 1.63. The van der Waals surface area contributed by atoms with Gasteiger partial charge in [0.25, 0.3) is 0 Å². The fourth-order valence-corrected chi connectivity index (χ4v) is 1.22.